The molecule has 0 aliphatic carbocycles. The number of esters is 1. The van der Waals surface area contributed by atoms with E-state index >= 15 is 0 Å². The Balaban J connectivity index is 3.32. The molecule has 2 unspecified atom stereocenters. The Labute approximate surface area is 501 Å². The second-order valence-electron chi connectivity index (χ2n) is 25.6. The standard InChI is InChI=1S/C74H145NO5/c1-3-5-7-9-11-13-15-17-19-39-42-46-50-54-58-62-66-72(77)71(70-76)75-73(78)67-63-59-55-51-47-43-40-36-34-32-30-28-26-24-22-20-21-23-25-27-29-31-33-35-37-41-45-49-53-57-61-65-69-80-74(79)68-64-60-56-52-48-44-38-18-16-14-12-10-8-6-4-2/h62,66,71-72,76-77H,3-61,63-65,67-70H2,1-2H3,(H,75,78)/b66-62+. The number of aliphatic hydroxyl groups is 2. The van der Waals surface area contributed by atoms with Gasteiger partial charge in [0.05, 0.1) is 25.4 Å². The molecule has 2 atom stereocenters. The van der Waals surface area contributed by atoms with Crippen LogP contribution in [0.2, 0.25) is 0 Å². The van der Waals surface area contributed by atoms with Crippen LogP contribution in [0, 0.1) is 0 Å². The van der Waals surface area contributed by atoms with Crippen molar-refractivity contribution in [2.24, 2.45) is 0 Å². The van der Waals surface area contributed by atoms with Gasteiger partial charge in [0.25, 0.3) is 0 Å². The van der Waals surface area contributed by atoms with Crippen molar-refractivity contribution in [3.63, 3.8) is 0 Å². The van der Waals surface area contributed by atoms with Gasteiger partial charge in [-0.15, -0.1) is 0 Å². The van der Waals surface area contributed by atoms with Gasteiger partial charge in [0.15, 0.2) is 0 Å². The molecule has 0 aliphatic rings. The second kappa shape index (κ2) is 70.1. The summed E-state index contributed by atoms with van der Waals surface area (Å²) in [4.78, 5) is 24.6. The van der Waals surface area contributed by atoms with E-state index in [1.54, 1.807) is 6.08 Å². The van der Waals surface area contributed by atoms with E-state index in [2.05, 4.69) is 19.2 Å². The topological polar surface area (TPSA) is 95.9 Å². The summed E-state index contributed by atoms with van der Waals surface area (Å²) in [5.74, 6) is -0.0351. The summed E-state index contributed by atoms with van der Waals surface area (Å²) < 4.78 is 5.50. The fraction of sp³-hybridized carbons (Fsp3) is 0.946. The molecule has 0 saturated carbocycles. The number of hydrogen-bond acceptors (Lipinski definition) is 5. The summed E-state index contributed by atoms with van der Waals surface area (Å²) in [6, 6.07) is -0.624. The number of unbranched alkanes of at least 4 members (excludes halogenated alkanes) is 59. The van der Waals surface area contributed by atoms with Crippen molar-refractivity contribution in [3.8, 4) is 0 Å². The Morgan fingerprint density at radius 3 is 0.850 bits per heavy atom. The van der Waals surface area contributed by atoms with Crippen LogP contribution in [0.15, 0.2) is 12.2 Å². The summed E-state index contributed by atoms with van der Waals surface area (Å²) in [7, 11) is 0. The molecule has 0 bridgehead atoms. The van der Waals surface area contributed by atoms with Gasteiger partial charge in [-0.25, -0.2) is 0 Å². The molecule has 0 aromatic heterocycles. The molecule has 0 saturated heterocycles. The highest BCUT2D eigenvalue weighted by Gasteiger charge is 2.18. The highest BCUT2D eigenvalue weighted by atomic mass is 16.5. The SMILES string of the molecule is CCCCCCCCCCCCCCCC/C=C/C(O)C(CO)NC(=O)CCCCCCCCCCCCCCCCCCCCCCCCCCCCCCCCCCOC(=O)CCCCCCCCCCCCCCCCC. The lowest BCUT2D eigenvalue weighted by molar-refractivity contribution is -0.143. The third kappa shape index (κ3) is 65.7. The van der Waals surface area contributed by atoms with Crippen LogP contribution >= 0.6 is 0 Å². The second-order valence-corrected chi connectivity index (χ2v) is 25.6. The molecule has 6 nitrogen and oxygen atoms in total. The molecule has 0 aliphatic heterocycles. The van der Waals surface area contributed by atoms with Crippen LogP contribution in [-0.4, -0.2) is 47.4 Å². The van der Waals surface area contributed by atoms with E-state index in [0.717, 1.165) is 38.5 Å². The minimum Gasteiger partial charge on any atom is -0.466 e. The van der Waals surface area contributed by atoms with Crippen LogP contribution in [0.4, 0.5) is 0 Å². The first-order valence-electron chi connectivity index (χ1n) is 37.0. The summed E-state index contributed by atoms with van der Waals surface area (Å²) in [5, 5.41) is 23.2. The predicted molar refractivity (Wildman–Crippen MR) is 352 cm³/mol. The van der Waals surface area contributed by atoms with Crippen LogP contribution in [0.25, 0.3) is 0 Å². The zero-order valence-corrected chi connectivity index (χ0v) is 54.6. The van der Waals surface area contributed by atoms with E-state index in [1.165, 1.54) is 360 Å². The number of aliphatic hydroxyl groups excluding tert-OH is 2. The molecular weight excluding hydrogens is 983 g/mol. The quantitative estimate of drug-likeness (QED) is 0.0320. The van der Waals surface area contributed by atoms with Crippen LogP contribution in [0.5, 0.6) is 0 Å². The third-order valence-electron chi connectivity index (χ3n) is 17.6. The first-order valence-corrected chi connectivity index (χ1v) is 37.0. The Hall–Kier alpha value is -1.40. The van der Waals surface area contributed by atoms with Gasteiger partial charge in [-0.3, -0.25) is 9.59 Å². The van der Waals surface area contributed by atoms with E-state index in [9.17, 15) is 19.8 Å². The lowest BCUT2D eigenvalue weighted by atomic mass is 10.0. The average molecular weight is 1130 g/mol. The Morgan fingerprint density at radius 2 is 0.575 bits per heavy atom. The summed E-state index contributed by atoms with van der Waals surface area (Å²) >= 11 is 0. The van der Waals surface area contributed by atoms with Crippen molar-refractivity contribution in [2.75, 3.05) is 13.2 Å². The molecule has 3 N–H and O–H groups in total. The summed E-state index contributed by atoms with van der Waals surface area (Å²) in [6.45, 7) is 4.95. The Bertz CT molecular complexity index is 1210. The number of rotatable bonds is 70. The number of ether oxygens (including phenoxy) is 1. The van der Waals surface area contributed by atoms with Crippen molar-refractivity contribution in [1.29, 1.82) is 0 Å². The molecule has 0 aromatic carbocycles. The third-order valence-corrected chi connectivity index (χ3v) is 17.6. The minimum atomic E-state index is -0.840. The van der Waals surface area contributed by atoms with Gasteiger partial charge in [-0.2, -0.15) is 0 Å². The largest absolute Gasteiger partial charge is 0.466 e. The van der Waals surface area contributed by atoms with E-state index in [1.807, 2.05) is 6.08 Å². The fourth-order valence-corrected chi connectivity index (χ4v) is 11.9. The van der Waals surface area contributed by atoms with Crippen LogP contribution in [-0.2, 0) is 14.3 Å². The van der Waals surface area contributed by atoms with Gasteiger partial charge >= 0.3 is 5.97 Å². The molecule has 1 amide bonds. The van der Waals surface area contributed by atoms with E-state index in [4.69, 9.17) is 4.74 Å². The van der Waals surface area contributed by atoms with Crippen molar-refractivity contribution >= 4 is 11.9 Å². The molecule has 0 aromatic rings. The first-order chi connectivity index (χ1) is 39.5. The highest BCUT2D eigenvalue weighted by Crippen LogP contribution is 2.20. The fourth-order valence-electron chi connectivity index (χ4n) is 11.9. The summed E-state index contributed by atoms with van der Waals surface area (Å²) in [5.41, 5.74) is 0. The van der Waals surface area contributed by atoms with Gasteiger partial charge in [-0.1, -0.05) is 392 Å². The monoisotopic (exact) mass is 1130 g/mol. The number of carbonyl (C=O) groups is 2. The maximum Gasteiger partial charge on any atom is 0.305 e. The van der Waals surface area contributed by atoms with Gasteiger partial charge < -0.3 is 20.3 Å². The smallest absolute Gasteiger partial charge is 0.305 e. The maximum absolute atomic E-state index is 12.5. The van der Waals surface area contributed by atoms with E-state index in [-0.39, 0.29) is 18.5 Å². The number of hydrogen-bond donors (Lipinski definition) is 3. The molecule has 6 heteroatoms. The normalized spacial score (nSPS) is 12.5. The molecule has 80 heavy (non-hydrogen) atoms. The first kappa shape index (κ1) is 78.6. The van der Waals surface area contributed by atoms with E-state index in [0.29, 0.717) is 19.4 Å². The van der Waals surface area contributed by atoms with E-state index < -0.39 is 12.1 Å². The predicted octanol–water partition coefficient (Wildman–Crippen LogP) is 23.9. The molecule has 0 heterocycles. The Kier molecular flexibility index (Phi) is 68.9. The zero-order valence-electron chi connectivity index (χ0n) is 54.6. The molecule has 0 radical (unpaired) electrons. The maximum atomic E-state index is 12.5. The molecular formula is C74H145NO5. The number of amides is 1. The van der Waals surface area contributed by atoms with Crippen molar-refractivity contribution in [3.05, 3.63) is 12.2 Å². The van der Waals surface area contributed by atoms with Crippen LogP contribution in [0.1, 0.15) is 425 Å². The number of nitrogens with one attached hydrogen (secondary N) is 1. The van der Waals surface area contributed by atoms with Crippen molar-refractivity contribution in [1.82, 2.24) is 5.32 Å². The zero-order chi connectivity index (χ0) is 57.8. The lowest BCUT2D eigenvalue weighted by Gasteiger charge is -2.20. The average Bonchev–Trinajstić information content (AvgIpc) is 3.46. The van der Waals surface area contributed by atoms with Crippen molar-refractivity contribution in [2.45, 2.75) is 437 Å². The lowest BCUT2D eigenvalue weighted by Crippen LogP contribution is -2.45. The van der Waals surface area contributed by atoms with Gasteiger partial charge in [0.1, 0.15) is 0 Å². The van der Waals surface area contributed by atoms with Crippen molar-refractivity contribution < 1.29 is 24.5 Å². The van der Waals surface area contributed by atoms with Gasteiger partial charge in [0, 0.05) is 12.8 Å². The minimum absolute atomic E-state index is 0.0248. The van der Waals surface area contributed by atoms with Gasteiger partial charge in [-0.05, 0) is 32.1 Å². The molecule has 476 valence electrons. The molecule has 0 spiro atoms. The Morgan fingerprint density at radius 1 is 0.338 bits per heavy atom. The number of carbonyl (C=O) groups excluding carboxylic acids is 2. The molecule has 0 fully saturated rings. The van der Waals surface area contributed by atoms with Crippen LogP contribution in [0.3, 0.4) is 0 Å². The highest BCUT2D eigenvalue weighted by molar-refractivity contribution is 5.76. The van der Waals surface area contributed by atoms with Crippen LogP contribution < -0.4 is 5.32 Å². The number of allylic oxidation sites excluding steroid dienone is 1. The molecule has 0 rings (SSSR count). The van der Waals surface area contributed by atoms with Gasteiger partial charge in [0.2, 0.25) is 5.91 Å². The summed E-state index contributed by atoms with van der Waals surface area (Å²) in [6.07, 6.45) is 87.4.